The van der Waals surface area contributed by atoms with Crippen molar-refractivity contribution >= 4 is 17.0 Å². The first kappa shape index (κ1) is 13.0. The highest BCUT2D eigenvalue weighted by molar-refractivity contribution is 5.92. The Morgan fingerprint density at radius 3 is 2.86 bits per heavy atom. The minimum atomic E-state index is -1.03. The zero-order chi connectivity index (χ0) is 15.4. The molecule has 0 aromatic carbocycles. The Balaban J connectivity index is 2.08. The lowest BCUT2D eigenvalue weighted by Crippen LogP contribution is -2.08. The van der Waals surface area contributed by atoms with Crippen molar-refractivity contribution in [3.8, 4) is 11.3 Å². The first-order valence-corrected chi connectivity index (χ1v) is 7.18. The molecule has 22 heavy (non-hydrogen) atoms. The normalized spacial score (nSPS) is 13.0. The van der Waals surface area contributed by atoms with Crippen LogP contribution in [0.1, 0.15) is 33.0 Å². The highest BCUT2D eigenvalue weighted by Gasteiger charge is 2.29. The van der Waals surface area contributed by atoms with Gasteiger partial charge >= 0.3 is 5.97 Å². The minimum absolute atomic E-state index is 0.0172. The fourth-order valence-electron chi connectivity index (χ4n) is 3.30. The van der Waals surface area contributed by atoms with Crippen LogP contribution >= 0.6 is 0 Å². The molecule has 1 N–H and O–H groups in total. The van der Waals surface area contributed by atoms with Crippen LogP contribution in [-0.4, -0.2) is 21.0 Å². The Morgan fingerprint density at radius 2 is 2.09 bits per heavy atom. The summed E-state index contributed by atoms with van der Waals surface area (Å²) in [5.41, 5.74) is 6.32. The summed E-state index contributed by atoms with van der Waals surface area (Å²) in [7, 11) is 0. The van der Waals surface area contributed by atoms with Crippen LogP contribution in [0, 0.1) is 13.8 Å². The summed E-state index contributed by atoms with van der Waals surface area (Å²) < 4.78 is 5.55. The lowest BCUT2D eigenvalue weighted by Gasteiger charge is -2.18. The average molecular weight is 294 g/mol. The summed E-state index contributed by atoms with van der Waals surface area (Å²) in [5, 5.41) is 9.27. The van der Waals surface area contributed by atoms with Crippen molar-refractivity contribution in [1.29, 1.82) is 0 Å². The van der Waals surface area contributed by atoms with E-state index in [-0.39, 0.29) is 5.76 Å². The summed E-state index contributed by atoms with van der Waals surface area (Å²) in [5.74, 6) is -0.297. The zero-order valence-corrected chi connectivity index (χ0v) is 12.3. The number of aryl methyl sites for hydroxylation is 2. The Bertz CT molecular complexity index is 941. The Morgan fingerprint density at radius 1 is 1.27 bits per heavy atom. The van der Waals surface area contributed by atoms with Gasteiger partial charge in [0.05, 0.1) is 16.7 Å². The fraction of sp³-hybridized carbons (Fsp3) is 0.235. The van der Waals surface area contributed by atoms with E-state index in [9.17, 15) is 9.90 Å². The monoisotopic (exact) mass is 294 g/mol. The van der Waals surface area contributed by atoms with Gasteiger partial charge in [0, 0.05) is 23.7 Å². The quantitative estimate of drug-likeness (QED) is 0.745. The first-order chi connectivity index (χ1) is 10.6. The maximum atomic E-state index is 11.3. The van der Waals surface area contributed by atoms with Gasteiger partial charge in [-0.2, -0.15) is 0 Å². The van der Waals surface area contributed by atoms with Gasteiger partial charge in [-0.15, -0.1) is 0 Å². The molecule has 0 bridgehead atoms. The molecule has 1 aliphatic carbocycles. The number of fused-ring (bicyclic) bond motifs is 4. The molecule has 4 rings (SSSR count). The first-order valence-electron chi connectivity index (χ1n) is 7.18. The molecule has 0 atom stereocenters. The van der Waals surface area contributed by atoms with Crippen LogP contribution < -0.4 is 0 Å². The summed E-state index contributed by atoms with van der Waals surface area (Å²) in [6.45, 7) is 3.83. The van der Waals surface area contributed by atoms with Crippen LogP contribution in [0.3, 0.4) is 0 Å². The van der Waals surface area contributed by atoms with E-state index in [0.29, 0.717) is 12.0 Å². The second-order valence-electron chi connectivity index (χ2n) is 5.59. The van der Waals surface area contributed by atoms with Gasteiger partial charge < -0.3 is 9.52 Å². The van der Waals surface area contributed by atoms with E-state index in [1.807, 2.05) is 19.1 Å². The SMILES string of the molecule is Cc1c(C(=O)O)oc2c1-c1nc3cccnc3c(C)c1CC2. The molecule has 3 aromatic heterocycles. The molecule has 3 heterocycles. The van der Waals surface area contributed by atoms with Crippen LogP contribution in [0.25, 0.3) is 22.3 Å². The Hall–Kier alpha value is -2.69. The van der Waals surface area contributed by atoms with Gasteiger partial charge in [-0.1, -0.05) is 0 Å². The second-order valence-corrected chi connectivity index (χ2v) is 5.59. The number of pyridine rings is 2. The minimum Gasteiger partial charge on any atom is -0.475 e. The molecule has 110 valence electrons. The number of nitrogens with zero attached hydrogens (tertiary/aromatic N) is 2. The molecular formula is C17H14N2O3. The van der Waals surface area contributed by atoms with Crippen LogP contribution in [-0.2, 0) is 12.8 Å². The topological polar surface area (TPSA) is 76.2 Å². The average Bonchev–Trinajstić information content (AvgIpc) is 2.85. The van der Waals surface area contributed by atoms with E-state index < -0.39 is 5.97 Å². The molecule has 0 saturated carbocycles. The van der Waals surface area contributed by atoms with Crippen molar-refractivity contribution in [2.75, 3.05) is 0 Å². The number of aromatic carboxylic acids is 1. The maximum absolute atomic E-state index is 11.3. The summed E-state index contributed by atoms with van der Waals surface area (Å²) >= 11 is 0. The number of carboxylic acid groups (broad SMARTS) is 1. The number of carbonyl (C=O) groups is 1. The summed E-state index contributed by atoms with van der Waals surface area (Å²) in [6.07, 6.45) is 3.25. The Labute approximate surface area is 126 Å². The second kappa shape index (κ2) is 4.40. The van der Waals surface area contributed by atoms with Crippen molar-refractivity contribution in [1.82, 2.24) is 9.97 Å². The zero-order valence-electron chi connectivity index (χ0n) is 12.3. The molecule has 0 aliphatic heterocycles. The molecule has 0 amide bonds. The third-order valence-corrected chi connectivity index (χ3v) is 4.37. The van der Waals surface area contributed by atoms with Crippen molar-refractivity contribution in [3.63, 3.8) is 0 Å². The molecule has 3 aromatic rings. The number of hydrogen-bond donors (Lipinski definition) is 1. The van der Waals surface area contributed by atoms with Crippen LogP contribution in [0.5, 0.6) is 0 Å². The van der Waals surface area contributed by atoms with Crippen molar-refractivity contribution in [2.24, 2.45) is 0 Å². The molecule has 5 nitrogen and oxygen atoms in total. The molecular weight excluding hydrogens is 280 g/mol. The Kier molecular flexibility index (Phi) is 2.60. The van der Waals surface area contributed by atoms with Gasteiger partial charge in [0.2, 0.25) is 5.76 Å². The van der Waals surface area contributed by atoms with E-state index in [1.165, 1.54) is 0 Å². The van der Waals surface area contributed by atoms with E-state index >= 15 is 0 Å². The van der Waals surface area contributed by atoms with Gasteiger partial charge in [0.1, 0.15) is 5.76 Å². The van der Waals surface area contributed by atoms with Gasteiger partial charge in [-0.25, -0.2) is 9.78 Å². The van der Waals surface area contributed by atoms with Crippen LogP contribution in [0.15, 0.2) is 22.7 Å². The molecule has 0 unspecified atom stereocenters. The van der Waals surface area contributed by atoms with Gasteiger partial charge in [0.25, 0.3) is 0 Å². The van der Waals surface area contributed by atoms with Crippen LogP contribution in [0.4, 0.5) is 0 Å². The smallest absolute Gasteiger partial charge is 0.372 e. The summed E-state index contributed by atoms with van der Waals surface area (Å²) in [6, 6.07) is 3.78. The van der Waals surface area contributed by atoms with Crippen molar-refractivity contribution < 1.29 is 14.3 Å². The summed E-state index contributed by atoms with van der Waals surface area (Å²) in [4.78, 5) is 20.5. The van der Waals surface area contributed by atoms with Gasteiger partial charge in [-0.05, 0) is 43.5 Å². The highest BCUT2D eigenvalue weighted by Crippen LogP contribution is 2.40. The number of carboxylic acids is 1. The standard InChI is InChI=1S/C17H14N2O3/c1-8-10-5-6-12-13(9(2)16(22-12)17(20)21)15(10)19-11-4-3-7-18-14(8)11/h3-4,7H,5-6H2,1-2H3,(H,20,21). The fourth-order valence-corrected chi connectivity index (χ4v) is 3.30. The largest absolute Gasteiger partial charge is 0.475 e. The van der Waals surface area contributed by atoms with Crippen molar-refractivity contribution in [3.05, 3.63) is 46.5 Å². The van der Waals surface area contributed by atoms with Gasteiger partial charge in [-0.3, -0.25) is 4.98 Å². The third-order valence-electron chi connectivity index (χ3n) is 4.37. The van der Waals surface area contributed by atoms with E-state index in [2.05, 4.69) is 4.98 Å². The molecule has 1 aliphatic rings. The van der Waals surface area contributed by atoms with Gasteiger partial charge in [0.15, 0.2) is 0 Å². The van der Waals surface area contributed by atoms with E-state index in [0.717, 1.165) is 45.6 Å². The number of furan rings is 1. The molecule has 0 fully saturated rings. The molecule has 5 heteroatoms. The lowest BCUT2D eigenvalue weighted by atomic mass is 9.88. The third kappa shape index (κ3) is 1.62. The van der Waals surface area contributed by atoms with Crippen molar-refractivity contribution in [2.45, 2.75) is 26.7 Å². The number of hydrogen-bond acceptors (Lipinski definition) is 4. The maximum Gasteiger partial charge on any atom is 0.372 e. The number of aromatic nitrogens is 2. The molecule has 0 radical (unpaired) electrons. The van der Waals surface area contributed by atoms with E-state index in [4.69, 9.17) is 9.40 Å². The highest BCUT2D eigenvalue weighted by atomic mass is 16.4. The number of rotatable bonds is 1. The molecule has 0 saturated heterocycles. The molecule has 0 spiro atoms. The van der Waals surface area contributed by atoms with E-state index in [1.54, 1.807) is 13.1 Å². The predicted molar refractivity (Wildman–Crippen MR) is 81.1 cm³/mol. The predicted octanol–water partition coefficient (Wildman–Crippen LogP) is 3.30. The van der Waals surface area contributed by atoms with Crippen LogP contribution in [0.2, 0.25) is 0 Å². The lowest BCUT2D eigenvalue weighted by molar-refractivity contribution is 0.0659.